The van der Waals surface area contributed by atoms with Gasteiger partial charge in [-0.15, -0.1) is 7.92 Å². The normalized spacial score (nSPS) is 21.6. The minimum Gasteiger partial charge on any atom is -0.306 e. The van der Waals surface area contributed by atoms with Crippen LogP contribution in [-0.4, -0.2) is 44.0 Å². The van der Waals surface area contributed by atoms with E-state index < -0.39 is 0 Å². The van der Waals surface area contributed by atoms with Crippen LogP contribution in [0.4, 0.5) is 0 Å². The minimum atomic E-state index is 0.440. The standard InChI is InChI=1S/C6H14NP.C2H6/c1-7-3-5-8(2)6-4-7;1-2/h3-6H2,1-2H3;1-2H3. The Morgan fingerprint density at radius 1 is 1.10 bits per heavy atom. The molecule has 0 aromatic rings. The number of hydrogen-bond acceptors (Lipinski definition) is 1. The molecule has 0 aliphatic carbocycles. The highest BCUT2D eigenvalue weighted by Crippen LogP contribution is 2.32. The monoisotopic (exact) mass is 161 g/mol. The van der Waals surface area contributed by atoms with Gasteiger partial charge in [-0.2, -0.15) is 0 Å². The van der Waals surface area contributed by atoms with E-state index in [4.69, 9.17) is 0 Å². The lowest BCUT2D eigenvalue weighted by Crippen LogP contribution is -2.29. The van der Waals surface area contributed by atoms with Crippen molar-refractivity contribution in [1.29, 1.82) is 0 Å². The average Bonchev–Trinajstić information content (AvgIpc) is 2.00. The highest BCUT2D eigenvalue weighted by atomic mass is 31.1. The fourth-order valence-corrected chi connectivity index (χ4v) is 2.50. The Morgan fingerprint density at radius 2 is 1.50 bits per heavy atom. The van der Waals surface area contributed by atoms with Crippen molar-refractivity contribution in [2.45, 2.75) is 13.8 Å². The second-order valence-corrected chi connectivity index (χ2v) is 5.21. The van der Waals surface area contributed by atoms with Gasteiger partial charge in [0, 0.05) is 13.1 Å². The van der Waals surface area contributed by atoms with Crippen LogP contribution in [0, 0.1) is 0 Å². The van der Waals surface area contributed by atoms with Crippen molar-refractivity contribution in [2.75, 3.05) is 39.1 Å². The third-order valence-electron chi connectivity index (χ3n) is 1.73. The molecule has 1 heterocycles. The fraction of sp³-hybridized carbons (Fsp3) is 1.00. The lowest BCUT2D eigenvalue weighted by atomic mass is 10.6. The molecule has 0 bridgehead atoms. The summed E-state index contributed by atoms with van der Waals surface area (Å²) in [6, 6.07) is 0. The lowest BCUT2D eigenvalue weighted by Gasteiger charge is -2.26. The van der Waals surface area contributed by atoms with Crippen LogP contribution in [0.3, 0.4) is 0 Å². The molecular formula is C8H20NP. The predicted molar refractivity (Wildman–Crippen MR) is 51.4 cm³/mol. The van der Waals surface area contributed by atoms with E-state index in [-0.39, 0.29) is 0 Å². The summed E-state index contributed by atoms with van der Waals surface area (Å²) in [7, 11) is 2.65. The van der Waals surface area contributed by atoms with Gasteiger partial charge in [0.15, 0.2) is 0 Å². The quantitative estimate of drug-likeness (QED) is 0.492. The van der Waals surface area contributed by atoms with E-state index in [2.05, 4.69) is 18.6 Å². The van der Waals surface area contributed by atoms with E-state index in [0.717, 1.165) is 0 Å². The van der Waals surface area contributed by atoms with Crippen molar-refractivity contribution in [3.63, 3.8) is 0 Å². The first-order valence-corrected chi connectivity index (χ1v) is 6.32. The molecule has 0 amide bonds. The molecule has 10 heavy (non-hydrogen) atoms. The Bertz CT molecular complexity index is 57.7. The van der Waals surface area contributed by atoms with Crippen molar-refractivity contribution in [2.24, 2.45) is 0 Å². The van der Waals surface area contributed by atoms with Crippen molar-refractivity contribution < 1.29 is 0 Å². The summed E-state index contributed by atoms with van der Waals surface area (Å²) in [4.78, 5) is 2.42. The van der Waals surface area contributed by atoms with E-state index in [0.29, 0.717) is 7.92 Å². The maximum Gasteiger partial charge on any atom is 0.00177 e. The van der Waals surface area contributed by atoms with E-state index in [1.54, 1.807) is 0 Å². The van der Waals surface area contributed by atoms with Gasteiger partial charge in [-0.25, -0.2) is 0 Å². The first-order chi connectivity index (χ1) is 4.79. The Labute approximate surface area is 66.6 Å². The van der Waals surface area contributed by atoms with Gasteiger partial charge in [0.2, 0.25) is 0 Å². The molecule has 1 aliphatic heterocycles. The highest BCUT2D eigenvalue weighted by Gasteiger charge is 2.10. The molecule has 62 valence electrons. The van der Waals surface area contributed by atoms with Crippen LogP contribution < -0.4 is 0 Å². The molecule has 1 nitrogen and oxygen atoms in total. The third kappa shape index (κ3) is 4.24. The zero-order valence-corrected chi connectivity index (χ0v) is 8.62. The zero-order chi connectivity index (χ0) is 7.98. The van der Waals surface area contributed by atoms with Crippen molar-refractivity contribution in [3.05, 3.63) is 0 Å². The van der Waals surface area contributed by atoms with E-state index in [9.17, 15) is 0 Å². The summed E-state index contributed by atoms with van der Waals surface area (Å²) in [5.74, 6) is 0. The van der Waals surface area contributed by atoms with Gasteiger partial charge in [0.1, 0.15) is 0 Å². The molecular weight excluding hydrogens is 141 g/mol. The molecule has 0 atom stereocenters. The van der Waals surface area contributed by atoms with Crippen LogP contribution >= 0.6 is 7.92 Å². The summed E-state index contributed by atoms with van der Waals surface area (Å²) in [5.41, 5.74) is 0. The summed E-state index contributed by atoms with van der Waals surface area (Å²) >= 11 is 0. The molecule has 1 fully saturated rings. The van der Waals surface area contributed by atoms with Crippen LogP contribution in [-0.2, 0) is 0 Å². The summed E-state index contributed by atoms with van der Waals surface area (Å²) < 4.78 is 0. The van der Waals surface area contributed by atoms with Crippen LogP contribution in [0.25, 0.3) is 0 Å². The van der Waals surface area contributed by atoms with Gasteiger partial charge < -0.3 is 4.90 Å². The second-order valence-electron chi connectivity index (χ2n) is 2.61. The van der Waals surface area contributed by atoms with Gasteiger partial charge in [-0.1, -0.05) is 13.8 Å². The van der Waals surface area contributed by atoms with E-state index in [1.807, 2.05) is 13.8 Å². The van der Waals surface area contributed by atoms with Crippen LogP contribution in [0.5, 0.6) is 0 Å². The van der Waals surface area contributed by atoms with Crippen molar-refractivity contribution in [1.82, 2.24) is 4.90 Å². The molecule has 1 aliphatic rings. The predicted octanol–water partition coefficient (Wildman–Crippen LogP) is 2.07. The first-order valence-electron chi connectivity index (χ1n) is 4.16. The topological polar surface area (TPSA) is 3.24 Å². The molecule has 0 unspecified atom stereocenters. The molecule has 0 N–H and O–H groups in total. The molecule has 0 aromatic carbocycles. The Hall–Kier alpha value is 0.390. The summed E-state index contributed by atoms with van der Waals surface area (Å²) in [5, 5.41) is 0. The number of hydrogen-bond donors (Lipinski definition) is 0. The molecule has 0 radical (unpaired) electrons. The zero-order valence-electron chi connectivity index (χ0n) is 7.72. The maximum atomic E-state index is 2.42. The Balaban J connectivity index is 0.000000371. The van der Waals surface area contributed by atoms with Crippen LogP contribution in [0.15, 0.2) is 0 Å². The minimum absolute atomic E-state index is 0.440. The van der Waals surface area contributed by atoms with Crippen molar-refractivity contribution in [3.8, 4) is 0 Å². The van der Waals surface area contributed by atoms with Crippen LogP contribution in [0.2, 0.25) is 0 Å². The fourth-order valence-electron chi connectivity index (χ4n) is 0.906. The summed E-state index contributed by atoms with van der Waals surface area (Å²) in [6.45, 7) is 9.08. The third-order valence-corrected chi connectivity index (χ3v) is 3.65. The van der Waals surface area contributed by atoms with Crippen molar-refractivity contribution >= 4 is 7.92 Å². The molecule has 0 spiro atoms. The molecule has 1 saturated heterocycles. The largest absolute Gasteiger partial charge is 0.306 e. The lowest BCUT2D eigenvalue weighted by molar-refractivity contribution is 0.368. The molecule has 0 aromatic heterocycles. The molecule has 2 heteroatoms. The highest BCUT2D eigenvalue weighted by molar-refractivity contribution is 7.56. The van der Waals surface area contributed by atoms with Gasteiger partial charge in [0.25, 0.3) is 0 Å². The second kappa shape index (κ2) is 6.12. The Morgan fingerprint density at radius 3 is 1.80 bits per heavy atom. The van der Waals surface area contributed by atoms with Gasteiger partial charge in [-0.05, 0) is 26.0 Å². The Kier molecular flexibility index (Phi) is 6.36. The van der Waals surface area contributed by atoms with E-state index >= 15 is 0 Å². The van der Waals surface area contributed by atoms with Gasteiger partial charge in [-0.3, -0.25) is 0 Å². The van der Waals surface area contributed by atoms with Crippen LogP contribution in [0.1, 0.15) is 13.8 Å². The smallest absolute Gasteiger partial charge is 0.00177 e. The number of rotatable bonds is 0. The average molecular weight is 161 g/mol. The number of nitrogens with zero attached hydrogens (tertiary/aromatic N) is 1. The van der Waals surface area contributed by atoms with E-state index in [1.165, 1.54) is 25.4 Å². The summed E-state index contributed by atoms with van der Waals surface area (Å²) in [6.07, 6.45) is 2.93. The maximum absolute atomic E-state index is 2.42. The van der Waals surface area contributed by atoms with Gasteiger partial charge >= 0.3 is 0 Å². The van der Waals surface area contributed by atoms with Gasteiger partial charge in [0.05, 0.1) is 0 Å². The SMILES string of the molecule is CC.CN1CCP(C)CC1. The molecule has 1 rings (SSSR count). The first kappa shape index (κ1) is 10.4. The molecule has 0 saturated carbocycles.